The Hall–Kier alpha value is -2.24. The van der Waals surface area contributed by atoms with Gasteiger partial charge in [-0.05, 0) is 38.1 Å². The van der Waals surface area contributed by atoms with Gasteiger partial charge < -0.3 is 10.5 Å². The van der Waals surface area contributed by atoms with E-state index in [0.29, 0.717) is 23.8 Å². The minimum absolute atomic E-state index is 0.119. The van der Waals surface area contributed by atoms with Crippen molar-refractivity contribution in [1.82, 2.24) is 9.88 Å². The molecule has 4 rings (SSSR count). The molecule has 2 aliphatic heterocycles. The van der Waals surface area contributed by atoms with Crippen molar-refractivity contribution >= 4 is 11.5 Å². The van der Waals surface area contributed by atoms with Crippen molar-refractivity contribution in [3.8, 4) is 11.3 Å². The summed E-state index contributed by atoms with van der Waals surface area (Å²) in [6.45, 7) is 3.64. The molecule has 2 fully saturated rings. The summed E-state index contributed by atoms with van der Waals surface area (Å²) in [5.74, 6) is 0.382. The number of rotatable bonds is 5. The van der Waals surface area contributed by atoms with Crippen LogP contribution in [0, 0.1) is 5.92 Å². The number of nitrogens with two attached hydrogens (primary N) is 1. The Bertz CT molecular complexity index is 766. The monoisotopic (exact) mass is 351 g/mol. The van der Waals surface area contributed by atoms with Crippen LogP contribution in [0.1, 0.15) is 18.5 Å². The smallest absolute Gasteiger partial charge is 0.142 e. The Morgan fingerprint density at radius 2 is 1.85 bits per heavy atom. The van der Waals surface area contributed by atoms with E-state index in [1.807, 2.05) is 42.5 Å². The minimum atomic E-state index is 0.119. The van der Waals surface area contributed by atoms with Gasteiger partial charge >= 0.3 is 0 Å². The maximum absolute atomic E-state index is 12.8. The quantitative estimate of drug-likeness (QED) is 0.897. The molecule has 26 heavy (non-hydrogen) atoms. The highest BCUT2D eigenvalue weighted by Crippen LogP contribution is 2.25. The van der Waals surface area contributed by atoms with E-state index in [1.165, 1.54) is 0 Å². The van der Waals surface area contributed by atoms with Crippen LogP contribution in [0.2, 0.25) is 0 Å². The molecular weight excluding hydrogens is 326 g/mol. The van der Waals surface area contributed by atoms with E-state index in [0.717, 1.165) is 50.4 Å². The maximum Gasteiger partial charge on any atom is 0.142 e. The fourth-order valence-electron chi connectivity index (χ4n) is 3.75. The molecule has 0 spiro atoms. The number of ether oxygens (including phenoxy) is 1. The molecule has 1 aromatic heterocycles. The molecule has 0 atom stereocenters. The Balaban J connectivity index is 1.41. The van der Waals surface area contributed by atoms with Crippen LogP contribution in [-0.2, 0) is 16.0 Å². The standard InChI is InChI=1S/C21H25N3O2/c22-18-6-7-19(15-4-2-1-3-5-15)23-20(18)12-21(25)16-8-10-24(11-9-16)17-13-26-14-17/h1-7,16-17H,8-14,22H2. The van der Waals surface area contributed by atoms with Crippen molar-refractivity contribution < 1.29 is 9.53 Å². The number of nitrogen functional groups attached to an aromatic ring is 1. The normalized spacial score (nSPS) is 19.2. The van der Waals surface area contributed by atoms with Crippen molar-refractivity contribution in [2.45, 2.75) is 25.3 Å². The zero-order valence-corrected chi connectivity index (χ0v) is 14.9. The van der Waals surface area contributed by atoms with Crippen molar-refractivity contribution in [3.63, 3.8) is 0 Å². The number of likely N-dealkylation sites (tertiary alicyclic amines) is 1. The number of ketones is 1. The van der Waals surface area contributed by atoms with Gasteiger partial charge in [0, 0.05) is 11.5 Å². The SMILES string of the molecule is Nc1ccc(-c2ccccc2)nc1CC(=O)C1CCN(C2COC2)CC1. The fraction of sp³-hybridized carbons (Fsp3) is 0.429. The summed E-state index contributed by atoms with van der Waals surface area (Å²) >= 11 is 0. The first-order valence-electron chi connectivity index (χ1n) is 9.36. The Labute approximate surface area is 154 Å². The van der Waals surface area contributed by atoms with Crippen LogP contribution in [0.3, 0.4) is 0 Å². The first kappa shape index (κ1) is 17.2. The predicted octanol–water partition coefficient (Wildman–Crippen LogP) is 2.55. The van der Waals surface area contributed by atoms with Gasteiger partial charge in [0.2, 0.25) is 0 Å². The van der Waals surface area contributed by atoms with Gasteiger partial charge in [0.1, 0.15) is 5.78 Å². The molecular formula is C21H25N3O2. The number of anilines is 1. The Morgan fingerprint density at radius 1 is 1.12 bits per heavy atom. The largest absolute Gasteiger partial charge is 0.397 e. The van der Waals surface area contributed by atoms with Crippen molar-refractivity contribution in [1.29, 1.82) is 0 Å². The van der Waals surface area contributed by atoms with E-state index < -0.39 is 0 Å². The molecule has 3 heterocycles. The van der Waals surface area contributed by atoms with E-state index in [-0.39, 0.29) is 11.7 Å². The number of aromatic nitrogens is 1. The number of hydrogen-bond acceptors (Lipinski definition) is 5. The third-order valence-electron chi connectivity index (χ3n) is 5.54. The highest BCUT2D eigenvalue weighted by Gasteiger charge is 2.32. The lowest BCUT2D eigenvalue weighted by Gasteiger charge is -2.41. The van der Waals surface area contributed by atoms with E-state index in [1.54, 1.807) is 0 Å². The van der Waals surface area contributed by atoms with Gasteiger partial charge in [0.15, 0.2) is 0 Å². The molecule has 136 valence electrons. The first-order chi connectivity index (χ1) is 12.7. The third kappa shape index (κ3) is 3.64. The van der Waals surface area contributed by atoms with Gasteiger partial charge in [0.25, 0.3) is 0 Å². The van der Waals surface area contributed by atoms with E-state index >= 15 is 0 Å². The summed E-state index contributed by atoms with van der Waals surface area (Å²) < 4.78 is 5.27. The number of benzene rings is 1. The molecule has 0 bridgehead atoms. The molecule has 5 heteroatoms. The highest BCUT2D eigenvalue weighted by molar-refractivity contribution is 5.84. The highest BCUT2D eigenvalue weighted by atomic mass is 16.5. The van der Waals surface area contributed by atoms with Crippen molar-refractivity contribution in [2.75, 3.05) is 32.0 Å². The lowest BCUT2D eigenvalue weighted by molar-refractivity contribution is -0.125. The lowest BCUT2D eigenvalue weighted by Crippen LogP contribution is -2.52. The molecule has 2 saturated heterocycles. The summed E-state index contributed by atoms with van der Waals surface area (Å²) in [5, 5.41) is 0. The number of piperidine rings is 1. The van der Waals surface area contributed by atoms with Crippen LogP contribution in [0.25, 0.3) is 11.3 Å². The molecule has 0 saturated carbocycles. The average Bonchev–Trinajstić information content (AvgIpc) is 2.63. The van der Waals surface area contributed by atoms with Crippen LogP contribution in [0.15, 0.2) is 42.5 Å². The van der Waals surface area contributed by atoms with Crippen LogP contribution >= 0.6 is 0 Å². The van der Waals surface area contributed by atoms with Crippen LogP contribution in [-0.4, -0.2) is 48.0 Å². The van der Waals surface area contributed by atoms with Crippen molar-refractivity contribution in [2.24, 2.45) is 5.92 Å². The lowest BCUT2D eigenvalue weighted by atomic mass is 9.89. The fourth-order valence-corrected chi connectivity index (χ4v) is 3.75. The summed E-state index contributed by atoms with van der Waals surface area (Å²) in [7, 11) is 0. The molecule has 0 amide bonds. The minimum Gasteiger partial charge on any atom is -0.397 e. The zero-order chi connectivity index (χ0) is 17.9. The number of hydrogen-bond donors (Lipinski definition) is 1. The zero-order valence-electron chi connectivity index (χ0n) is 14.9. The summed E-state index contributed by atoms with van der Waals surface area (Å²) in [6, 6.07) is 14.3. The van der Waals surface area contributed by atoms with Crippen LogP contribution < -0.4 is 5.73 Å². The molecule has 2 aromatic rings. The number of carbonyl (C=O) groups is 1. The first-order valence-corrected chi connectivity index (χ1v) is 9.36. The number of carbonyl (C=O) groups excluding carboxylic acids is 1. The van der Waals surface area contributed by atoms with Gasteiger partial charge in [-0.2, -0.15) is 0 Å². The van der Waals surface area contributed by atoms with Gasteiger partial charge in [-0.3, -0.25) is 14.7 Å². The van der Waals surface area contributed by atoms with E-state index in [2.05, 4.69) is 9.88 Å². The van der Waals surface area contributed by atoms with Crippen LogP contribution in [0.4, 0.5) is 5.69 Å². The number of nitrogens with zero attached hydrogens (tertiary/aromatic N) is 2. The number of pyridine rings is 1. The molecule has 0 aliphatic carbocycles. The van der Waals surface area contributed by atoms with E-state index in [4.69, 9.17) is 10.5 Å². The summed E-state index contributed by atoms with van der Waals surface area (Å²) in [4.78, 5) is 19.9. The van der Waals surface area contributed by atoms with Gasteiger partial charge in [-0.1, -0.05) is 30.3 Å². The Kier molecular flexibility index (Phi) is 5.00. The van der Waals surface area contributed by atoms with Crippen molar-refractivity contribution in [3.05, 3.63) is 48.2 Å². The molecule has 0 unspecified atom stereocenters. The average molecular weight is 351 g/mol. The van der Waals surface area contributed by atoms with Crippen LogP contribution in [0.5, 0.6) is 0 Å². The molecule has 2 N–H and O–H groups in total. The third-order valence-corrected chi connectivity index (χ3v) is 5.54. The second kappa shape index (κ2) is 7.56. The van der Waals surface area contributed by atoms with E-state index in [9.17, 15) is 4.79 Å². The van der Waals surface area contributed by atoms with Gasteiger partial charge in [-0.15, -0.1) is 0 Å². The second-order valence-corrected chi connectivity index (χ2v) is 7.24. The van der Waals surface area contributed by atoms with Gasteiger partial charge in [-0.25, -0.2) is 0 Å². The number of Topliss-reactive ketones (excluding diaryl/α,β-unsaturated/α-hetero) is 1. The molecule has 1 aromatic carbocycles. The molecule has 2 aliphatic rings. The maximum atomic E-state index is 12.8. The predicted molar refractivity (Wildman–Crippen MR) is 102 cm³/mol. The summed E-state index contributed by atoms with van der Waals surface area (Å²) in [6.07, 6.45) is 2.17. The molecule has 0 radical (unpaired) electrons. The Morgan fingerprint density at radius 3 is 2.50 bits per heavy atom. The second-order valence-electron chi connectivity index (χ2n) is 7.24. The summed E-state index contributed by atoms with van der Waals surface area (Å²) in [5.41, 5.74) is 9.30. The van der Waals surface area contributed by atoms with Gasteiger partial charge in [0.05, 0.1) is 42.8 Å². The molecule has 5 nitrogen and oxygen atoms in total. The topological polar surface area (TPSA) is 68.5 Å².